The van der Waals surface area contributed by atoms with Crippen molar-refractivity contribution in [2.45, 2.75) is 19.8 Å². The number of carbonyl (C=O) groups is 1. The number of nitrogen functional groups attached to an aromatic ring is 1. The maximum absolute atomic E-state index is 13.4. The Bertz CT molecular complexity index is 645. The molecule has 22 heavy (non-hydrogen) atoms. The number of hydrogen-bond donors (Lipinski definition) is 1. The molecule has 2 rings (SSSR count). The van der Waals surface area contributed by atoms with Gasteiger partial charge in [0, 0.05) is 4.88 Å². The average Bonchev–Trinajstić information content (AvgIpc) is 2.87. The number of halogens is 1. The maximum atomic E-state index is 13.4. The molecule has 1 aromatic heterocycles. The van der Waals surface area contributed by atoms with Crippen LogP contribution in [0.15, 0.2) is 24.3 Å². The molecule has 0 amide bonds. The highest BCUT2D eigenvalue weighted by molar-refractivity contribution is 7.15. The summed E-state index contributed by atoms with van der Waals surface area (Å²) in [5.41, 5.74) is 5.91. The summed E-state index contributed by atoms with van der Waals surface area (Å²) in [4.78, 5) is 16.5. The van der Waals surface area contributed by atoms with Crippen molar-refractivity contribution in [3.05, 3.63) is 40.7 Å². The minimum atomic E-state index is -0.472. The summed E-state index contributed by atoms with van der Waals surface area (Å²) in [5, 5.41) is 0.327. The summed E-state index contributed by atoms with van der Waals surface area (Å²) in [6, 6.07) is 6.23. The number of aromatic nitrogens is 1. The smallest absolute Gasteiger partial charge is 0.358 e. The van der Waals surface area contributed by atoms with Crippen molar-refractivity contribution in [3.63, 3.8) is 0 Å². The van der Waals surface area contributed by atoms with Crippen LogP contribution in [-0.2, 0) is 11.2 Å². The van der Waals surface area contributed by atoms with E-state index in [1.807, 2.05) is 0 Å². The SMILES string of the molecule is CCOC(=O)c1nc(N)sc1CCCOc1ccccc1F. The van der Waals surface area contributed by atoms with Crippen molar-refractivity contribution in [1.82, 2.24) is 4.98 Å². The molecule has 0 bridgehead atoms. The molecule has 1 heterocycles. The first-order valence-electron chi connectivity index (χ1n) is 6.91. The van der Waals surface area contributed by atoms with Crippen LogP contribution in [0.5, 0.6) is 5.75 Å². The Morgan fingerprint density at radius 1 is 1.41 bits per heavy atom. The second-order valence-electron chi connectivity index (χ2n) is 4.43. The maximum Gasteiger partial charge on any atom is 0.358 e. The van der Waals surface area contributed by atoms with E-state index in [-0.39, 0.29) is 18.1 Å². The molecular weight excluding hydrogens is 307 g/mol. The molecule has 0 radical (unpaired) electrons. The highest BCUT2D eigenvalue weighted by atomic mass is 32.1. The van der Waals surface area contributed by atoms with Gasteiger partial charge in [-0.05, 0) is 31.9 Å². The van der Waals surface area contributed by atoms with Gasteiger partial charge < -0.3 is 15.2 Å². The van der Waals surface area contributed by atoms with E-state index in [1.54, 1.807) is 25.1 Å². The molecule has 0 saturated heterocycles. The third-order valence-corrected chi connectivity index (χ3v) is 3.77. The van der Waals surface area contributed by atoms with E-state index in [4.69, 9.17) is 15.2 Å². The van der Waals surface area contributed by atoms with Crippen molar-refractivity contribution in [1.29, 1.82) is 0 Å². The fourth-order valence-corrected chi connectivity index (χ4v) is 2.74. The molecule has 118 valence electrons. The number of nitrogens with two attached hydrogens (primary N) is 1. The number of carbonyl (C=O) groups excluding carboxylic acids is 1. The Balaban J connectivity index is 1.89. The van der Waals surface area contributed by atoms with Crippen LogP contribution in [0.3, 0.4) is 0 Å². The van der Waals surface area contributed by atoms with Crippen LogP contribution in [0.25, 0.3) is 0 Å². The fraction of sp³-hybridized carbons (Fsp3) is 0.333. The van der Waals surface area contributed by atoms with E-state index < -0.39 is 11.8 Å². The molecule has 5 nitrogen and oxygen atoms in total. The molecule has 0 aliphatic rings. The summed E-state index contributed by atoms with van der Waals surface area (Å²) >= 11 is 1.25. The number of ether oxygens (including phenoxy) is 2. The van der Waals surface area contributed by atoms with E-state index in [1.165, 1.54) is 17.4 Å². The van der Waals surface area contributed by atoms with Crippen LogP contribution < -0.4 is 10.5 Å². The van der Waals surface area contributed by atoms with Gasteiger partial charge in [-0.15, -0.1) is 11.3 Å². The summed E-state index contributed by atoms with van der Waals surface area (Å²) in [5.74, 6) is -0.644. The van der Waals surface area contributed by atoms with E-state index in [9.17, 15) is 9.18 Å². The summed E-state index contributed by atoms with van der Waals surface area (Å²) in [7, 11) is 0. The first-order valence-corrected chi connectivity index (χ1v) is 7.73. The topological polar surface area (TPSA) is 74.4 Å². The molecule has 1 aromatic carbocycles. The lowest BCUT2D eigenvalue weighted by Gasteiger charge is -2.06. The second kappa shape index (κ2) is 7.74. The molecule has 2 N–H and O–H groups in total. The lowest BCUT2D eigenvalue weighted by Crippen LogP contribution is -2.08. The predicted octanol–water partition coefficient (Wildman–Crippen LogP) is 3.05. The quantitative estimate of drug-likeness (QED) is 0.626. The van der Waals surface area contributed by atoms with E-state index in [0.29, 0.717) is 24.6 Å². The molecule has 0 saturated carbocycles. The summed E-state index contributed by atoms with van der Waals surface area (Å²) in [6.07, 6.45) is 1.18. The van der Waals surface area contributed by atoms with Crippen LogP contribution in [0.1, 0.15) is 28.7 Å². The molecule has 0 aliphatic carbocycles. The van der Waals surface area contributed by atoms with Gasteiger partial charge in [-0.25, -0.2) is 14.2 Å². The monoisotopic (exact) mass is 324 g/mol. The van der Waals surface area contributed by atoms with E-state index in [0.717, 1.165) is 4.88 Å². The van der Waals surface area contributed by atoms with Gasteiger partial charge in [-0.3, -0.25) is 0 Å². The van der Waals surface area contributed by atoms with Crippen LogP contribution >= 0.6 is 11.3 Å². The highest BCUT2D eigenvalue weighted by Crippen LogP contribution is 2.23. The van der Waals surface area contributed by atoms with Crippen molar-refractivity contribution in [2.75, 3.05) is 18.9 Å². The zero-order valence-corrected chi connectivity index (χ0v) is 13.0. The van der Waals surface area contributed by atoms with Gasteiger partial charge in [-0.2, -0.15) is 0 Å². The van der Waals surface area contributed by atoms with Crippen molar-refractivity contribution in [2.24, 2.45) is 0 Å². The summed E-state index contributed by atoms with van der Waals surface area (Å²) in [6.45, 7) is 2.35. The number of benzene rings is 1. The van der Waals surface area contributed by atoms with Gasteiger partial charge in [0.1, 0.15) is 0 Å². The standard InChI is InChI=1S/C15H17FN2O3S/c1-2-20-14(19)13-12(22-15(17)18-13)8-5-9-21-11-7-4-3-6-10(11)16/h3-4,6-7H,2,5,8-9H2,1H3,(H2,17,18). The van der Waals surface area contributed by atoms with Gasteiger partial charge in [0.05, 0.1) is 13.2 Å². The van der Waals surface area contributed by atoms with Gasteiger partial charge in [0.15, 0.2) is 22.4 Å². The lowest BCUT2D eigenvalue weighted by atomic mass is 10.2. The molecule has 0 atom stereocenters. The van der Waals surface area contributed by atoms with E-state index in [2.05, 4.69) is 4.98 Å². The third kappa shape index (κ3) is 4.17. The number of nitrogens with zero attached hydrogens (tertiary/aromatic N) is 1. The van der Waals surface area contributed by atoms with Crippen molar-refractivity contribution >= 4 is 22.4 Å². The molecule has 7 heteroatoms. The fourth-order valence-electron chi connectivity index (χ4n) is 1.87. The lowest BCUT2D eigenvalue weighted by molar-refractivity contribution is 0.0519. The zero-order chi connectivity index (χ0) is 15.9. The first kappa shape index (κ1) is 16.2. The number of esters is 1. The molecule has 0 unspecified atom stereocenters. The van der Waals surface area contributed by atoms with Crippen LogP contribution in [0.2, 0.25) is 0 Å². The highest BCUT2D eigenvalue weighted by Gasteiger charge is 2.18. The number of anilines is 1. The molecule has 0 aliphatic heterocycles. The number of thiazole rings is 1. The molecule has 2 aromatic rings. The third-order valence-electron chi connectivity index (χ3n) is 2.83. The van der Waals surface area contributed by atoms with Crippen molar-refractivity contribution in [3.8, 4) is 5.75 Å². The average molecular weight is 324 g/mol. The first-order chi connectivity index (χ1) is 10.6. The van der Waals surface area contributed by atoms with Crippen LogP contribution in [-0.4, -0.2) is 24.2 Å². The minimum Gasteiger partial charge on any atom is -0.491 e. The normalized spacial score (nSPS) is 10.5. The number of hydrogen-bond acceptors (Lipinski definition) is 6. The zero-order valence-electron chi connectivity index (χ0n) is 12.2. The Hall–Kier alpha value is -2.15. The van der Waals surface area contributed by atoms with Crippen LogP contribution in [0, 0.1) is 5.82 Å². The van der Waals surface area contributed by atoms with Gasteiger partial charge in [0.2, 0.25) is 0 Å². The van der Waals surface area contributed by atoms with Crippen LogP contribution in [0.4, 0.5) is 9.52 Å². The molecule has 0 fully saturated rings. The second-order valence-corrected chi connectivity index (χ2v) is 5.54. The molecular formula is C15H17FN2O3S. The number of aryl methyl sites for hydroxylation is 1. The Morgan fingerprint density at radius 2 is 2.18 bits per heavy atom. The summed E-state index contributed by atoms with van der Waals surface area (Å²) < 4.78 is 23.7. The molecule has 0 spiro atoms. The van der Waals surface area contributed by atoms with Gasteiger partial charge >= 0.3 is 5.97 Å². The number of para-hydroxylation sites is 1. The Morgan fingerprint density at radius 3 is 2.91 bits per heavy atom. The van der Waals surface area contributed by atoms with Gasteiger partial charge in [0.25, 0.3) is 0 Å². The minimum absolute atomic E-state index is 0.219. The predicted molar refractivity (Wildman–Crippen MR) is 82.7 cm³/mol. The van der Waals surface area contributed by atoms with Gasteiger partial charge in [-0.1, -0.05) is 12.1 Å². The van der Waals surface area contributed by atoms with E-state index >= 15 is 0 Å². The largest absolute Gasteiger partial charge is 0.491 e. The number of rotatable bonds is 7. The Kier molecular flexibility index (Phi) is 5.71. The van der Waals surface area contributed by atoms with Crippen molar-refractivity contribution < 1.29 is 18.7 Å². The Labute approximate surface area is 131 Å².